The molecule has 0 radical (unpaired) electrons. The predicted molar refractivity (Wildman–Crippen MR) is 95.9 cm³/mol. The number of carbonyl (C=O) groups is 2. The van der Waals surface area contributed by atoms with Gasteiger partial charge in [0.25, 0.3) is 5.91 Å². The second kappa shape index (κ2) is 5.54. The standard InChI is InChI=1S/C19H23NO4Si/c1-25(2,3)18-13(21)9-11-10-20-15(16(22)14(11)18)17(19(20)23)24-12-7-5-4-6-8-12/h4-8,11,15-17,22H,9-10H2,1-3H3/t11-,15-,16?,17+/m0/s1. The van der Waals surface area contributed by atoms with Crippen LogP contribution in [0.4, 0.5) is 0 Å². The predicted octanol–water partition coefficient (Wildman–Crippen LogP) is 1.78. The Kier molecular flexibility index (Phi) is 3.66. The van der Waals surface area contributed by atoms with Gasteiger partial charge in [0.2, 0.25) is 0 Å². The zero-order chi connectivity index (χ0) is 17.9. The number of hydrogen-bond donors (Lipinski definition) is 1. The summed E-state index contributed by atoms with van der Waals surface area (Å²) < 4.78 is 5.85. The van der Waals surface area contributed by atoms with Gasteiger partial charge in [-0.3, -0.25) is 9.59 Å². The first-order chi connectivity index (χ1) is 11.8. The summed E-state index contributed by atoms with van der Waals surface area (Å²) in [7, 11) is -1.85. The van der Waals surface area contributed by atoms with Gasteiger partial charge in [-0.2, -0.15) is 0 Å². The molecule has 0 spiro atoms. The number of nitrogens with zero attached hydrogens (tertiary/aromatic N) is 1. The summed E-state index contributed by atoms with van der Waals surface area (Å²) in [6, 6.07) is 8.81. The van der Waals surface area contributed by atoms with Crippen molar-refractivity contribution in [2.45, 2.75) is 44.3 Å². The number of carbonyl (C=O) groups excluding carboxylic acids is 2. The van der Waals surface area contributed by atoms with E-state index in [-0.39, 0.29) is 17.6 Å². The second-order valence-corrected chi connectivity index (χ2v) is 13.2. The highest BCUT2D eigenvalue weighted by Gasteiger charge is 2.60. The highest BCUT2D eigenvalue weighted by Crippen LogP contribution is 2.45. The van der Waals surface area contributed by atoms with Crippen LogP contribution in [0, 0.1) is 5.92 Å². The maximum absolute atomic E-state index is 12.6. The van der Waals surface area contributed by atoms with Gasteiger partial charge in [0.05, 0.1) is 8.07 Å². The highest BCUT2D eigenvalue weighted by molar-refractivity contribution is 6.87. The summed E-state index contributed by atoms with van der Waals surface area (Å²) in [5.74, 6) is 0.661. The fraction of sp³-hybridized carbons (Fsp3) is 0.474. The molecule has 1 amide bonds. The number of aliphatic hydroxyl groups excluding tert-OH is 1. The van der Waals surface area contributed by atoms with Crippen LogP contribution in [0.15, 0.2) is 41.1 Å². The van der Waals surface area contributed by atoms with Crippen molar-refractivity contribution in [2.24, 2.45) is 5.92 Å². The van der Waals surface area contributed by atoms with Crippen LogP contribution in [-0.2, 0) is 9.59 Å². The fourth-order valence-electron chi connectivity index (χ4n) is 4.48. The fourth-order valence-corrected chi connectivity index (χ4v) is 6.63. The van der Waals surface area contributed by atoms with Gasteiger partial charge in [0.15, 0.2) is 11.9 Å². The van der Waals surface area contributed by atoms with Crippen LogP contribution >= 0.6 is 0 Å². The van der Waals surface area contributed by atoms with Crippen molar-refractivity contribution >= 4 is 19.8 Å². The number of piperidine rings is 1. The van der Waals surface area contributed by atoms with E-state index in [0.29, 0.717) is 18.7 Å². The van der Waals surface area contributed by atoms with Crippen LogP contribution in [0.3, 0.4) is 0 Å². The average molecular weight is 357 g/mol. The van der Waals surface area contributed by atoms with Crippen LogP contribution in [0.25, 0.3) is 0 Å². The molecular weight excluding hydrogens is 334 g/mol. The summed E-state index contributed by atoms with van der Waals surface area (Å²) in [5, 5.41) is 11.9. The largest absolute Gasteiger partial charge is 0.478 e. The Morgan fingerprint density at radius 1 is 1.16 bits per heavy atom. The molecule has 25 heavy (non-hydrogen) atoms. The number of β-lactam (4-membered cyclic amide) rings is 1. The van der Waals surface area contributed by atoms with Crippen LogP contribution < -0.4 is 4.74 Å². The van der Waals surface area contributed by atoms with Gasteiger partial charge in [-0.25, -0.2) is 0 Å². The molecule has 1 unspecified atom stereocenters. The molecule has 2 saturated heterocycles. The number of amides is 1. The summed E-state index contributed by atoms with van der Waals surface area (Å²) >= 11 is 0. The Bertz CT molecular complexity index is 767. The number of rotatable bonds is 3. The number of benzene rings is 1. The minimum absolute atomic E-state index is 0.0258. The molecule has 5 nitrogen and oxygen atoms in total. The van der Waals surface area contributed by atoms with Crippen LogP contribution in [0.2, 0.25) is 19.6 Å². The topological polar surface area (TPSA) is 66.8 Å². The molecule has 4 atom stereocenters. The minimum atomic E-state index is -1.85. The van der Waals surface area contributed by atoms with Gasteiger partial charge >= 0.3 is 0 Å². The Morgan fingerprint density at radius 3 is 2.48 bits per heavy atom. The number of fused-ring (bicyclic) bond motifs is 2. The van der Waals surface area contributed by atoms with Crippen LogP contribution in [0.1, 0.15) is 6.42 Å². The van der Waals surface area contributed by atoms with Gasteiger partial charge in [-0.05, 0) is 22.9 Å². The smallest absolute Gasteiger partial charge is 0.266 e. The third kappa shape index (κ3) is 2.47. The van der Waals surface area contributed by atoms with Crippen LogP contribution in [-0.4, -0.2) is 54.6 Å². The lowest BCUT2D eigenvalue weighted by atomic mass is 9.79. The van der Waals surface area contributed by atoms with E-state index < -0.39 is 26.3 Å². The van der Waals surface area contributed by atoms with Crippen molar-refractivity contribution < 1.29 is 19.4 Å². The molecule has 0 aromatic heterocycles. The Hall–Kier alpha value is -1.92. The van der Waals surface area contributed by atoms with Crippen molar-refractivity contribution in [3.8, 4) is 5.75 Å². The first kappa shape index (κ1) is 16.5. The zero-order valence-electron chi connectivity index (χ0n) is 14.7. The van der Waals surface area contributed by atoms with E-state index in [1.54, 1.807) is 17.0 Å². The van der Waals surface area contributed by atoms with Gasteiger partial charge < -0.3 is 14.7 Å². The molecule has 3 aliphatic rings. The molecule has 1 aromatic carbocycles. The van der Waals surface area contributed by atoms with Crippen molar-refractivity contribution in [2.75, 3.05) is 6.54 Å². The molecule has 1 N–H and O–H groups in total. The molecule has 6 heteroatoms. The van der Waals surface area contributed by atoms with Crippen molar-refractivity contribution in [3.05, 3.63) is 41.1 Å². The lowest BCUT2D eigenvalue weighted by molar-refractivity contribution is -0.176. The lowest BCUT2D eigenvalue weighted by Crippen LogP contribution is -2.74. The van der Waals surface area contributed by atoms with E-state index in [1.807, 2.05) is 18.2 Å². The summed E-state index contributed by atoms with van der Waals surface area (Å²) in [5.41, 5.74) is 0.888. The number of hydrogen-bond acceptors (Lipinski definition) is 4. The van der Waals surface area contributed by atoms with Gasteiger partial charge in [0, 0.05) is 18.9 Å². The van der Waals surface area contributed by atoms with E-state index in [1.165, 1.54) is 0 Å². The van der Waals surface area contributed by atoms with E-state index in [0.717, 1.165) is 10.8 Å². The van der Waals surface area contributed by atoms with Gasteiger partial charge in [-0.15, -0.1) is 0 Å². The number of ketones is 1. The minimum Gasteiger partial charge on any atom is -0.478 e. The summed E-state index contributed by atoms with van der Waals surface area (Å²) in [4.78, 5) is 26.7. The number of Topliss-reactive ketones (excluding diaryl/α,β-unsaturated/α-hetero) is 1. The van der Waals surface area contributed by atoms with Crippen molar-refractivity contribution in [1.29, 1.82) is 0 Å². The van der Waals surface area contributed by atoms with E-state index in [4.69, 9.17) is 4.74 Å². The second-order valence-electron chi connectivity index (χ2n) is 8.18. The SMILES string of the molecule is C[Si](C)(C)C1=C2C(O)[C@H]3[C@@H](Oc4ccccc4)C(=O)N3C[C@@H]2CC1=O. The third-order valence-electron chi connectivity index (χ3n) is 5.45. The zero-order valence-corrected chi connectivity index (χ0v) is 15.7. The Morgan fingerprint density at radius 2 is 1.84 bits per heavy atom. The van der Waals surface area contributed by atoms with E-state index in [9.17, 15) is 14.7 Å². The molecule has 1 aromatic rings. The van der Waals surface area contributed by atoms with Crippen molar-refractivity contribution in [3.63, 3.8) is 0 Å². The number of aliphatic hydroxyl groups is 1. The Labute approximate surface area is 148 Å². The average Bonchev–Trinajstić information content (AvgIpc) is 2.90. The molecule has 1 aliphatic carbocycles. The van der Waals surface area contributed by atoms with Gasteiger partial charge in [0.1, 0.15) is 17.9 Å². The first-order valence-corrected chi connectivity index (χ1v) is 12.3. The molecule has 0 saturated carbocycles. The normalized spacial score (nSPS) is 31.6. The van der Waals surface area contributed by atoms with E-state index >= 15 is 0 Å². The van der Waals surface area contributed by atoms with Gasteiger partial charge in [-0.1, -0.05) is 37.8 Å². The Balaban J connectivity index is 1.66. The maximum Gasteiger partial charge on any atom is 0.266 e. The molecule has 2 heterocycles. The summed E-state index contributed by atoms with van der Waals surface area (Å²) in [6.07, 6.45) is -1.06. The highest BCUT2D eigenvalue weighted by atomic mass is 28.3. The molecular formula is C19H23NO4Si. The lowest BCUT2D eigenvalue weighted by Gasteiger charge is -2.53. The molecule has 132 valence electrons. The maximum atomic E-state index is 12.6. The first-order valence-electron chi connectivity index (χ1n) is 8.77. The molecule has 2 fully saturated rings. The van der Waals surface area contributed by atoms with Crippen LogP contribution in [0.5, 0.6) is 5.75 Å². The molecule has 2 aliphatic heterocycles. The monoisotopic (exact) mass is 357 g/mol. The molecule has 4 rings (SSSR count). The number of ether oxygens (including phenoxy) is 1. The number of allylic oxidation sites excluding steroid dienone is 1. The third-order valence-corrected chi connectivity index (χ3v) is 7.52. The van der Waals surface area contributed by atoms with Crippen molar-refractivity contribution in [1.82, 2.24) is 4.90 Å². The number of para-hydroxylation sites is 1. The van der Waals surface area contributed by atoms with E-state index in [2.05, 4.69) is 19.6 Å². The quantitative estimate of drug-likeness (QED) is 0.661. The summed E-state index contributed by atoms with van der Waals surface area (Å²) in [6.45, 7) is 6.93. The molecule has 0 bridgehead atoms.